The number of aromatic nitrogens is 2. The van der Waals surface area contributed by atoms with E-state index in [4.69, 9.17) is 4.42 Å². The molecule has 0 spiro atoms. The van der Waals surface area contributed by atoms with Crippen molar-refractivity contribution in [2.45, 2.75) is 13.0 Å². The van der Waals surface area contributed by atoms with Crippen molar-refractivity contribution >= 4 is 16.9 Å². The van der Waals surface area contributed by atoms with Gasteiger partial charge in [-0.2, -0.15) is 0 Å². The highest BCUT2D eigenvalue weighted by Crippen LogP contribution is 2.19. The fourth-order valence-electron chi connectivity index (χ4n) is 2.87. The van der Waals surface area contributed by atoms with Crippen molar-refractivity contribution in [1.82, 2.24) is 15.3 Å². The topological polar surface area (TPSA) is 88.0 Å². The summed E-state index contributed by atoms with van der Waals surface area (Å²) < 4.78 is 5.57. The number of hydrogen-bond acceptors (Lipinski definition) is 4. The van der Waals surface area contributed by atoms with Crippen molar-refractivity contribution in [3.8, 4) is 11.3 Å². The Morgan fingerprint density at radius 3 is 2.67 bits per heavy atom. The Labute approximate surface area is 154 Å². The number of benzene rings is 2. The molecule has 4 rings (SSSR count). The van der Waals surface area contributed by atoms with Gasteiger partial charge in [-0.25, -0.2) is 4.98 Å². The second-order valence-electron chi connectivity index (χ2n) is 6.21. The lowest BCUT2D eigenvalue weighted by molar-refractivity contribution is 0.0911. The standard InChI is InChI=1S/C21H17N3O3/c1-13(20-22-12-16(24-20)14-7-3-2-4-8-14)23-21(26)19-11-17(25)15-9-5-6-10-18(15)27-19/h2-13H,1H3,(H,22,24)(H,23,26). The molecule has 134 valence electrons. The van der Waals surface area contributed by atoms with Gasteiger partial charge in [-0.3, -0.25) is 9.59 Å². The first-order valence-corrected chi connectivity index (χ1v) is 8.56. The molecule has 2 aromatic heterocycles. The zero-order chi connectivity index (χ0) is 18.8. The number of carbonyl (C=O) groups is 1. The summed E-state index contributed by atoms with van der Waals surface area (Å²) in [6.45, 7) is 1.81. The molecule has 2 aromatic carbocycles. The number of carbonyl (C=O) groups excluding carboxylic acids is 1. The van der Waals surface area contributed by atoms with Crippen LogP contribution in [0.4, 0.5) is 0 Å². The smallest absolute Gasteiger partial charge is 0.287 e. The molecular weight excluding hydrogens is 342 g/mol. The fraction of sp³-hybridized carbons (Fsp3) is 0.0952. The number of H-pyrrole nitrogens is 1. The van der Waals surface area contributed by atoms with E-state index in [-0.39, 0.29) is 17.2 Å². The number of amides is 1. The van der Waals surface area contributed by atoms with Crippen LogP contribution in [0.25, 0.3) is 22.2 Å². The first-order valence-electron chi connectivity index (χ1n) is 8.56. The van der Waals surface area contributed by atoms with Crippen LogP contribution in [0.5, 0.6) is 0 Å². The van der Waals surface area contributed by atoms with Crippen molar-refractivity contribution in [2.24, 2.45) is 0 Å². The third-order valence-corrected chi connectivity index (χ3v) is 4.30. The lowest BCUT2D eigenvalue weighted by Gasteiger charge is -2.11. The van der Waals surface area contributed by atoms with Gasteiger partial charge in [-0.05, 0) is 24.6 Å². The van der Waals surface area contributed by atoms with Crippen LogP contribution >= 0.6 is 0 Å². The first kappa shape index (κ1) is 16.8. The van der Waals surface area contributed by atoms with Crippen LogP contribution in [0.1, 0.15) is 29.3 Å². The highest BCUT2D eigenvalue weighted by Gasteiger charge is 2.17. The van der Waals surface area contributed by atoms with Gasteiger partial charge >= 0.3 is 0 Å². The zero-order valence-electron chi connectivity index (χ0n) is 14.6. The molecule has 0 fully saturated rings. The molecule has 4 aromatic rings. The van der Waals surface area contributed by atoms with Gasteiger partial charge in [0.2, 0.25) is 0 Å². The van der Waals surface area contributed by atoms with Crippen molar-refractivity contribution in [2.75, 3.05) is 0 Å². The van der Waals surface area contributed by atoms with Gasteiger partial charge in [0.15, 0.2) is 11.2 Å². The average Bonchev–Trinajstić information content (AvgIpc) is 3.19. The van der Waals surface area contributed by atoms with E-state index in [9.17, 15) is 9.59 Å². The van der Waals surface area contributed by atoms with Gasteiger partial charge < -0.3 is 14.7 Å². The molecule has 27 heavy (non-hydrogen) atoms. The van der Waals surface area contributed by atoms with Crippen LogP contribution in [0.15, 0.2) is 76.1 Å². The molecule has 0 aliphatic heterocycles. The minimum absolute atomic E-state index is 0.0274. The Balaban J connectivity index is 1.55. The molecule has 1 amide bonds. The van der Waals surface area contributed by atoms with Crippen LogP contribution < -0.4 is 10.7 Å². The van der Waals surface area contributed by atoms with Crippen LogP contribution in [0.3, 0.4) is 0 Å². The Kier molecular flexibility index (Phi) is 4.30. The van der Waals surface area contributed by atoms with Crippen molar-refractivity contribution in [3.63, 3.8) is 0 Å². The fourth-order valence-corrected chi connectivity index (χ4v) is 2.87. The molecule has 0 saturated carbocycles. The highest BCUT2D eigenvalue weighted by atomic mass is 16.3. The van der Waals surface area contributed by atoms with Gasteiger partial charge in [0.1, 0.15) is 11.4 Å². The number of hydrogen-bond donors (Lipinski definition) is 2. The Morgan fingerprint density at radius 2 is 1.85 bits per heavy atom. The van der Waals surface area contributed by atoms with E-state index in [0.29, 0.717) is 16.8 Å². The van der Waals surface area contributed by atoms with E-state index >= 15 is 0 Å². The molecule has 6 nitrogen and oxygen atoms in total. The van der Waals surface area contributed by atoms with Crippen molar-refractivity contribution in [1.29, 1.82) is 0 Å². The van der Waals surface area contributed by atoms with Gasteiger partial charge in [0.25, 0.3) is 5.91 Å². The molecule has 1 atom stereocenters. The third-order valence-electron chi connectivity index (χ3n) is 4.30. The molecule has 0 radical (unpaired) electrons. The van der Waals surface area contributed by atoms with Crippen LogP contribution in [-0.2, 0) is 0 Å². The maximum Gasteiger partial charge on any atom is 0.287 e. The average molecular weight is 359 g/mol. The molecule has 6 heteroatoms. The Hall–Kier alpha value is -3.67. The maximum absolute atomic E-state index is 12.5. The SMILES string of the molecule is CC(NC(=O)c1cc(=O)c2ccccc2o1)c1ncc(-c2ccccc2)[nH]1. The molecule has 2 N–H and O–H groups in total. The molecule has 0 bridgehead atoms. The van der Waals surface area contributed by atoms with Crippen LogP contribution in [-0.4, -0.2) is 15.9 Å². The summed E-state index contributed by atoms with van der Waals surface area (Å²) in [6.07, 6.45) is 1.73. The molecule has 0 aliphatic rings. The number of nitrogens with zero attached hydrogens (tertiary/aromatic N) is 1. The third kappa shape index (κ3) is 3.37. The Morgan fingerprint density at radius 1 is 1.11 bits per heavy atom. The van der Waals surface area contributed by atoms with Gasteiger partial charge in [0, 0.05) is 6.07 Å². The van der Waals surface area contributed by atoms with Gasteiger partial charge in [0.05, 0.1) is 23.3 Å². The minimum atomic E-state index is -0.469. The van der Waals surface area contributed by atoms with Crippen molar-refractivity contribution in [3.05, 3.63) is 88.7 Å². The van der Waals surface area contributed by atoms with Crippen LogP contribution in [0.2, 0.25) is 0 Å². The molecule has 0 aliphatic carbocycles. The molecule has 1 unspecified atom stereocenters. The van der Waals surface area contributed by atoms with E-state index in [1.54, 1.807) is 30.5 Å². The summed E-state index contributed by atoms with van der Waals surface area (Å²) in [5, 5.41) is 3.25. The van der Waals surface area contributed by atoms with Crippen molar-refractivity contribution < 1.29 is 9.21 Å². The van der Waals surface area contributed by atoms with E-state index in [1.807, 2.05) is 37.3 Å². The van der Waals surface area contributed by atoms with E-state index in [1.165, 1.54) is 6.07 Å². The number of para-hydroxylation sites is 1. The van der Waals surface area contributed by atoms with Gasteiger partial charge in [-0.15, -0.1) is 0 Å². The number of imidazole rings is 1. The molecular formula is C21H17N3O3. The number of nitrogens with one attached hydrogen (secondary N) is 2. The maximum atomic E-state index is 12.5. The number of fused-ring (bicyclic) bond motifs is 1. The highest BCUT2D eigenvalue weighted by molar-refractivity contribution is 5.93. The van der Waals surface area contributed by atoms with E-state index < -0.39 is 5.91 Å². The summed E-state index contributed by atoms with van der Waals surface area (Å²) in [5.41, 5.74) is 2.01. The number of aromatic amines is 1. The van der Waals surface area contributed by atoms with Crippen LogP contribution in [0, 0.1) is 0 Å². The molecule has 2 heterocycles. The largest absolute Gasteiger partial charge is 0.451 e. The summed E-state index contributed by atoms with van der Waals surface area (Å²) in [6, 6.07) is 17.5. The second kappa shape index (κ2) is 6.92. The first-order chi connectivity index (χ1) is 13.1. The summed E-state index contributed by atoms with van der Waals surface area (Å²) in [7, 11) is 0. The summed E-state index contributed by atoms with van der Waals surface area (Å²) >= 11 is 0. The normalized spacial score (nSPS) is 12.0. The zero-order valence-corrected chi connectivity index (χ0v) is 14.6. The lowest BCUT2D eigenvalue weighted by atomic mass is 10.2. The summed E-state index contributed by atoms with van der Waals surface area (Å²) in [4.78, 5) is 32.2. The quantitative estimate of drug-likeness (QED) is 0.582. The molecule has 0 saturated heterocycles. The monoisotopic (exact) mass is 359 g/mol. The second-order valence-corrected chi connectivity index (χ2v) is 6.21. The predicted octanol–water partition coefficient (Wildman–Crippen LogP) is 3.67. The van der Waals surface area contributed by atoms with E-state index in [0.717, 1.165) is 11.3 Å². The lowest BCUT2D eigenvalue weighted by Crippen LogP contribution is -2.28. The summed E-state index contributed by atoms with van der Waals surface area (Å²) in [5.74, 6) is 0.119. The predicted molar refractivity (Wildman–Crippen MR) is 102 cm³/mol. The Bertz CT molecular complexity index is 1160. The van der Waals surface area contributed by atoms with E-state index in [2.05, 4.69) is 15.3 Å². The number of rotatable bonds is 4. The van der Waals surface area contributed by atoms with Gasteiger partial charge in [-0.1, -0.05) is 42.5 Å². The minimum Gasteiger partial charge on any atom is -0.451 e.